The predicted octanol–water partition coefficient (Wildman–Crippen LogP) is 9.74. The van der Waals surface area contributed by atoms with E-state index in [1.165, 1.54) is 45.5 Å². The zero-order chi connectivity index (χ0) is 26.8. The van der Waals surface area contributed by atoms with Crippen molar-refractivity contribution in [3.05, 3.63) is 130 Å². The topological polar surface area (TPSA) is 15.6 Å². The van der Waals surface area contributed by atoms with E-state index >= 15 is 0 Å². The first kappa shape index (κ1) is 28.2. The number of aliphatic imine (C=N–C) groups is 1. The summed E-state index contributed by atoms with van der Waals surface area (Å²) >= 11 is 0. The van der Waals surface area contributed by atoms with Gasteiger partial charge in [0.1, 0.15) is 5.84 Å². The summed E-state index contributed by atoms with van der Waals surface area (Å²) in [6, 6.07) is 28.1. The van der Waals surface area contributed by atoms with E-state index in [0.29, 0.717) is 0 Å². The molecule has 0 aromatic heterocycles. The minimum Gasteiger partial charge on any atom is -0.319 e. The molecule has 0 fully saturated rings. The third-order valence-electron chi connectivity index (χ3n) is 7.20. The van der Waals surface area contributed by atoms with Gasteiger partial charge in [0.15, 0.2) is 0 Å². The van der Waals surface area contributed by atoms with Crippen LogP contribution in [0.4, 0.5) is 0 Å². The van der Waals surface area contributed by atoms with Gasteiger partial charge >= 0.3 is 0 Å². The maximum atomic E-state index is 5.11. The number of benzene rings is 3. The Balaban J connectivity index is 0.00000186. The van der Waals surface area contributed by atoms with Crippen LogP contribution in [0.3, 0.4) is 0 Å². The van der Waals surface area contributed by atoms with Gasteiger partial charge in [0.2, 0.25) is 0 Å². The number of unbranched alkanes of at least 4 members (excludes halogenated alkanes) is 1. The molecule has 1 heterocycles. The van der Waals surface area contributed by atoms with Crippen LogP contribution in [-0.4, -0.2) is 10.7 Å². The number of nitrogens with zero attached hydrogens (tertiary/aromatic N) is 2. The largest absolute Gasteiger partial charge is 0.319 e. The Kier molecular flexibility index (Phi) is 10.5. The molecule has 0 amide bonds. The van der Waals surface area contributed by atoms with Crippen LogP contribution in [-0.2, 0) is 6.42 Å². The second-order valence-corrected chi connectivity index (χ2v) is 9.56. The lowest BCUT2D eigenvalue weighted by Gasteiger charge is -2.39. The lowest BCUT2D eigenvalue weighted by molar-refractivity contribution is 0.428. The van der Waals surface area contributed by atoms with Crippen LogP contribution in [0.1, 0.15) is 87.2 Å². The fourth-order valence-corrected chi connectivity index (χ4v) is 5.36. The van der Waals surface area contributed by atoms with Crippen molar-refractivity contribution < 1.29 is 0 Å². The third kappa shape index (κ3) is 6.68. The van der Waals surface area contributed by atoms with Crippen molar-refractivity contribution >= 4 is 5.84 Å². The van der Waals surface area contributed by atoms with E-state index in [1.807, 2.05) is 13.8 Å². The lowest BCUT2D eigenvalue weighted by Crippen LogP contribution is -2.36. The fourth-order valence-electron chi connectivity index (χ4n) is 5.36. The summed E-state index contributed by atoms with van der Waals surface area (Å²) in [4.78, 5) is 7.46. The molecule has 2 heteroatoms. The molecule has 3 aromatic rings. The first-order valence-electron chi connectivity index (χ1n) is 13.9. The quantitative estimate of drug-likeness (QED) is 0.271. The molecule has 0 bridgehead atoms. The summed E-state index contributed by atoms with van der Waals surface area (Å²) in [6.45, 7) is 17.4. The Morgan fingerprint density at radius 2 is 1.24 bits per heavy atom. The normalized spacial score (nSPS) is 13.4. The molecule has 3 aromatic carbocycles. The summed E-state index contributed by atoms with van der Waals surface area (Å²) in [6.07, 6.45) is 5.37. The number of aryl methyl sites for hydroxylation is 2. The van der Waals surface area contributed by atoms with Crippen molar-refractivity contribution in [3.63, 3.8) is 0 Å². The molecule has 0 saturated heterocycles. The van der Waals surface area contributed by atoms with Gasteiger partial charge in [0, 0.05) is 11.4 Å². The van der Waals surface area contributed by atoms with E-state index in [9.17, 15) is 0 Å². The minimum atomic E-state index is 0.0525. The number of allylic oxidation sites excluding steroid dienone is 2. The Labute approximate surface area is 225 Å². The highest BCUT2D eigenvalue weighted by molar-refractivity contribution is 5.86. The van der Waals surface area contributed by atoms with Crippen LogP contribution >= 0.6 is 0 Å². The summed E-state index contributed by atoms with van der Waals surface area (Å²) in [5.74, 6) is 1.02. The molecule has 194 valence electrons. The lowest BCUT2D eigenvalue weighted by atomic mass is 9.92. The molecule has 1 aliphatic rings. The van der Waals surface area contributed by atoms with Crippen molar-refractivity contribution in [2.75, 3.05) is 0 Å². The Bertz CT molecular complexity index is 1160. The van der Waals surface area contributed by atoms with E-state index in [1.54, 1.807) is 0 Å². The Morgan fingerprint density at radius 1 is 0.730 bits per heavy atom. The van der Waals surface area contributed by atoms with Gasteiger partial charge in [-0.1, -0.05) is 106 Å². The summed E-state index contributed by atoms with van der Waals surface area (Å²) < 4.78 is 0. The highest BCUT2D eigenvalue weighted by Crippen LogP contribution is 2.39. The van der Waals surface area contributed by atoms with Crippen LogP contribution in [0, 0.1) is 13.8 Å². The highest BCUT2D eigenvalue weighted by atomic mass is 15.2. The molecule has 1 aliphatic heterocycles. The molecule has 0 atom stereocenters. The van der Waals surface area contributed by atoms with Crippen molar-refractivity contribution in [1.29, 1.82) is 0 Å². The smallest absolute Gasteiger partial charge is 0.107 e. The van der Waals surface area contributed by atoms with Gasteiger partial charge in [-0.05, 0) is 86.3 Å². The summed E-state index contributed by atoms with van der Waals surface area (Å²) in [5, 5.41) is 0. The first-order valence-corrected chi connectivity index (χ1v) is 13.9. The van der Waals surface area contributed by atoms with E-state index in [4.69, 9.17) is 4.99 Å². The zero-order valence-electron chi connectivity index (χ0n) is 23.7. The maximum Gasteiger partial charge on any atom is 0.107 e. The summed E-state index contributed by atoms with van der Waals surface area (Å²) in [5.41, 5.74) is 10.4. The third-order valence-corrected chi connectivity index (χ3v) is 7.20. The molecule has 0 radical (unpaired) electrons. The van der Waals surface area contributed by atoms with Gasteiger partial charge in [-0.2, -0.15) is 0 Å². The number of hydrogen-bond acceptors (Lipinski definition) is 2. The minimum absolute atomic E-state index is 0.0525. The van der Waals surface area contributed by atoms with Crippen LogP contribution in [0.15, 0.2) is 107 Å². The molecule has 0 N–H and O–H groups in total. The molecule has 37 heavy (non-hydrogen) atoms. The standard InChI is InChI=1S/C33H38N2.C2H6/c1-6-32-31(23-14-13-22-30-24(2)16-15-17-25(30)3)26(4)35(27(5)34-32)33(28-18-9-7-10-19-28)29-20-11-8-12-21-29;1-2/h7-12,15-21,33H,4,6,13-14,22-23H2,1-3,5H3;1-2H3. The number of hydrogen-bond donors (Lipinski definition) is 0. The summed E-state index contributed by atoms with van der Waals surface area (Å²) in [7, 11) is 0. The van der Waals surface area contributed by atoms with E-state index in [2.05, 4.69) is 118 Å². The second-order valence-electron chi connectivity index (χ2n) is 9.56. The van der Waals surface area contributed by atoms with Gasteiger partial charge < -0.3 is 4.90 Å². The molecule has 0 aliphatic carbocycles. The van der Waals surface area contributed by atoms with Crippen molar-refractivity contribution in [1.82, 2.24) is 4.90 Å². The monoisotopic (exact) mass is 492 g/mol. The zero-order valence-corrected chi connectivity index (χ0v) is 23.7. The molecule has 4 rings (SSSR count). The fraction of sp³-hybridized carbons (Fsp3) is 0.343. The molecular formula is C35H44N2. The van der Waals surface area contributed by atoms with Crippen molar-refractivity contribution in [2.45, 2.75) is 79.7 Å². The second kappa shape index (κ2) is 13.8. The first-order chi connectivity index (χ1) is 18.0. The maximum absolute atomic E-state index is 5.11. The molecular weight excluding hydrogens is 448 g/mol. The molecule has 0 unspecified atom stereocenters. The van der Waals surface area contributed by atoms with Gasteiger partial charge in [0.25, 0.3) is 0 Å². The SMILES string of the molecule is C=C1C(CCCCc2c(C)cccc2C)=C(CC)N=C(C)N1C(c1ccccc1)c1ccccc1.CC. The molecule has 0 spiro atoms. The van der Waals surface area contributed by atoms with E-state index in [0.717, 1.165) is 37.2 Å². The predicted molar refractivity (Wildman–Crippen MR) is 161 cm³/mol. The van der Waals surface area contributed by atoms with Gasteiger partial charge in [-0.3, -0.25) is 0 Å². The average Bonchev–Trinajstić information content (AvgIpc) is 2.93. The Hall–Kier alpha value is -3.39. The van der Waals surface area contributed by atoms with E-state index < -0.39 is 0 Å². The molecule has 2 nitrogen and oxygen atoms in total. The van der Waals surface area contributed by atoms with Crippen LogP contribution in [0.25, 0.3) is 0 Å². The average molecular weight is 493 g/mol. The van der Waals surface area contributed by atoms with Crippen LogP contribution < -0.4 is 0 Å². The van der Waals surface area contributed by atoms with Gasteiger partial charge in [0.05, 0.1) is 6.04 Å². The number of rotatable bonds is 9. The van der Waals surface area contributed by atoms with Crippen molar-refractivity contribution in [2.24, 2.45) is 4.99 Å². The van der Waals surface area contributed by atoms with Gasteiger partial charge in [-0.25, -0.2) is 4.99 Å². The molecule has 0 saturated carbocycles. The number of amidine groups is 1. The van der Waals surface area contributed by atoms with Crippen molar-refractivity contribution in [3.8, 4) is 0 Å². The Morgan fingerprint density at radius 3 is 1.76 bits per heavy atom. The van der Waals surface area contributed by atoms with E-state index in [-0.39, 0.29) is 6.04 Å². The highest BCUT2D eigenvalue weighted by Gasteiger charge is 2.30. The van der Waals surface area contributed by atoms with Gasteiger partial charge in [-0.15, -0.1) is 0 Å². The van der Waals surface area contributed by atoms with Crippen LogP contribution in [0.5, 0.6) is 0 Å². The van der Waals surface area contributed by atoms with Crippen LogP contribution in [0.2, 0.25) is 0 Å².